The van der Waals surface area contributed by atoms with Gasteiger partial charge in [0.2, 0.25) is 5.95 Å². The van der Waals surface area contributed by atoms with E-state index in [9.17, 15) is 13.2 Å². The van der Waals surface area contributed by atoms with Gasteiger partial charge in [-0.15, -0.1) is 0 Å². The number of aromatic nitrogens is 2. The van der Waals surface area contributed by atoms with E-state index in [2.05, 4.69) is 20.0 Å². The molecule has 0 saturated heterocycles. The van der Waals surface area contributed by atoms with Crippen molar-refractivity contribution in [2.75, 3.05) is 10.0 Å². The molecule has 0 aliphatic carbocycles. The van der Waals surface area contributed by atoms with E-state index in [0.29, 0.717) is 27.8 Å². The quantitative estimate of drug-likeness (QED) is 0.527. The summed E-state index contributed by atoms with van der Waals surface area (Å²) in [6, 6.07) is 14.2. The Morgan fingerprint density at radius 2 is 1.53 bits per heavy atom. The highest BCUT2D eigenvalue weighted by Crippen LogP contribution is 2.23. The highest BCUT2D eigenvalue weighted by molar-refractivity contribution is 7.92. The number of carbonyl (C=O) groups is 1. The number of nitrogens with zero attached hydrogens (tertiary/aromatic N) is 2. The van der Waals surface area contributed by atoms with Gasteiger partial charge < -0.3 is 10.1 Å². The SMILES string of the molecule is Cc1cc(C)nc(NS(=O)(=O)c2ccc(NC(=O)C(C)(C)Oc3ccc(Cl)cc3)cc2)n1. The first-order chi connectivity index (χ1) is 14.9. The first-order valence-electron chi connectivity index (χ1n) is 9.66. The molecule has 0 radical (unpaired) electrons. The van der Waals surface area contributed by atoms with Crippen molar-refractivity contribution >= 4 is 39.2 Å². The van der Waals surface area contributed by atoms with Crippen LogP contribution in [0.5, 0.6) is 5.75 Å². The number of rotatable bonds is 7. The van der Waals surface area contributed by atoms with Gasteiger partial charge in [-0.3, -0.25) is 4.79 Å². The van der Waals surface area contributed by atoms with Crippen LogP contribution in [-0.4, -0.2) is 29.9 Å². The van der Waals surface area contributed by atoms with Gasteiger partial charge in [-0.25, -0.2) is 23.1 Å². The van der Waals surface area contributed by atoms with Crippen molar-refractivity contribution in [2.45, 2.75) is 38.2 Å². The zero-order valence-corrected chi connectivity index (χ0v) is 19.6. The molecule has 1 heterocycles. The Labute approximate surface area is 192 Å². The highest BCUT2D eigenvalue weighted by Gasteiger charge is 2.30. The second kappa shape index (κ2) is 9.13. The normalized spacial score (nSPS) is 11.7. The molecule has 32 heavy (non-hydrogen) atoms. The number of hydrogen-bond donors (Lipinski definition) is 2. The number of halogens is 1. The Morgan fingerprint density at radius 3 is 2.09 bits per heavy atom. The summed E-state index contributed by atoms with van der Waals surface area (Å²) in [6.07, 6.45) is 0. The van der Waals surface area contributed by atoms with Gasteiger partial charge in [0.25, 0.3) is 15.9 Å². The molecular weight excluding hydrogens is 452 g/mol. The lowest BCUT2D eigenvalue weighted by Crippen LogP contribution is -2.42. The average Bonchev–Trinajstić information content (AvgIpc) is 2.69. The Kier molecular flexibility index (Phi) is 6.71. The van der Waals surface area contributed by atoms with Gasteiger partial charge in [0.1, 0.15) is 5.75 Å². The third kappa shape index (κ3) is 5.95. The number of benzene rings is 2. The molecule has 0 atom stereocenters. The maximum Gasteiger partial charge on any atom is 0.267 e. The van der Waals surface area contributed by atoms with E-state index in [-0.39, 0.29) is 10.8 Å². The van der Waals surface area contributed by atoms with E-state index in [1.165, 1.54) is 24.3 Å². The number of nitrogens with one attached hydrogen (secondary N) is 2. The number of ether oxygens (including phenoxy) is 1. The van der Waals surface area contributed by atoms with Crippen LogP contribution in [0.2, 0.25) is 5.02 Å². The Bertz CT molecular complexity index is 1210. The molecule has 0 bridgehead atoms. The van der Waals surface area contributed by atoms with Crippen LogP contribution >= 0.6 is 11.6 Å². The minimum atomic E-state index is -3.89. The second-order valence-electron chi connectivity index (χ2n) is 7.62. The number of hydrogen-bond acceptors (Lipinski definition) is 6. The maximum absolute atomic E-state index is 12.7. The van der Waals surface area contributed by atoms with Crippen LogP contribution in [0, 0.1) is 13.8 Å². The van der Waals surface area contributed by atoms with Gasteiger partial charge in [-0.2, -0.15) is 0 Å². The van der Waals surface area contributed by atoms with Crippen LogP contribution in [0.25, 0.3) is 0 Å². The van der Waals surface area contributed by atoms with Crippen LogP contribution < -0.4 is 14.8 Å². The van der Waals surface area contributed by atoms with Crippen molar-refractivity contribution in [3.05, 3.63) is 71.0 Å². The summed E-state index contributed by atoms with van der Waals surface area (Å²) in [5.74, 6) is 0.0986. The molecule has 2 N–H and O–H groups in total. The molecule has 168 valence electrons. The van der Waals surface area contributed by atoms with E-state index in [1.54, 1.807) is 58.0 Å². The number of carbonyl (C=O) groups excluding carboxylic acids is 1. The average molecular weight is 475 g/mol. The molecule has 0 saturated carbocycles. The molecule has 0 aliphatic rings. The van der Waals surface area contributed by atoms with Crippen LogP contribution in [0.15, 0.2) is 59.5 Å². The summed E-state index contributed by atoms with van der Waals surface area (Å²) in [7, 11) is -3.89. The number of sulfonamides is 1. The zero-order valence-electron chi connectivity index (χ0n) is 18.0. The predicted molar refractivity (Wildman–Crippen MR) is 124 cm³/mol. The number of aryl methyl sites for hydroxylation is 2. The first-order valence-corrected chi connectivity index (χ1v) is 11.5. The van der Waals surface area contributed by atoms with Crippen LogP contribution in [0.1, 0.15) is 25.2 Å². The van der Waals surface area contributed by atoms with Gasteiger partial charge in [-0.05, 0) is 82.3 Å². The monoisotopic (exact) mass is 474 g/mol. The van der Waals surface area contributed by atoms with E-state index in [0.717, 1.165) is 0 Å². The molecule has 8 nitrogen and oxygen atoms in total. The number of anilines is 2. The smallest absolute Gasteiger partial charge is 0.267 e. The molecule has 3 rings (SSSR count). The second-order valence-corrected chi connectivity index (χ2v) is 9.74. The number of amides is 1. The summed E-state index contributed by atoms with van der Waals surface area (Å²) >= 11 is 5.87. The van der Waals surface area contributed by atoms with Gasteiger partial charge in [0, 0.05) is 22.1 Å². The van der Waals surface area contributed by atoms with E-state index < -0.39 is 21.5 Å². The Balaban J connectivity index is 1.69. The van der Waals surface area contributed by atoms with Gasteiger partial charge in [0.15, 0.2) is 5.60 Å². The van der Waals surface area contributed by atoms with Crippen molar-refractivity contribution in [2.24, 2.45) is 0 Å². The zero-order chi connectivity index (χ0) is 23.5. The molecule has 2 aromatic carbocycles. The van der Waals surface area contributed by atoms with Gasteiger partial charge in [0.05, 0.1) is 4.90 Å². The standard InChI is InChI=1S/C22H23ClN4O4S/c1-14-13-15(2)25-21(24-14)27-32(29,30)19-11-7-17(8-12-19)26-20(28)22(3,4)31-18-9-5-16(23)6-10-18/h5-13H,1-4H3,(H,26,28)(H,24,25,27). The largest absolute Gasteiger partial charge is 0.478 e. The highest BCUT2D eigenvalue weighted by atomic mass is 35.5. The fourth-order valence-electron chi connectivity index (χ4n) is 2.79. The van der Waals surface area contributed by atoms with Crippen molar-refractivity contribution < 1.29 is 17.9 Å². The van der Waals surface area contributed by atoms with Crippen LogP contribution in [0.4, 0.5) is 11.6 Å². The third-order valence-electron chi connectivity index (χ3n) is 4.36. The molecule has 3 aromatic rings. The topological polar surface area (TPSA) is 110 Å². The van der Waals surface area contributed by atoms with E-state index >= 15 is 0 Å². The molecule has 0 unspecified atom stereocenters. The lowest BCUT2D eigenvalue weighted by molar-refractivity contribution is -0.128. The summed E-state index contributed by atoms with van der Waals surface area (Å²) in [5, 5.41) is 3.29. The fraction of sp³-hybridized carbons (Fsp3) is 0.227. The Morgan fingerprint density at radius 1 is 0.969 bits per heavy atom. The molecule has 0 fully saturated rings. The van der Waals surface area contributed by atoms with Crippen LogP contribution in [0.3, 0.4) is 0 Å². The maximum atomic E-state index is 12.7. The summed E-state index contributed by atoms with van der Waals surface area (Å²) in [6.45, 7) is 6.76. The van der Waals surface area contributed by atoms with Crippen molar-refractivity contribution in [1.29, 1.82) is 0 Å². The van der Waals surface area contributed by atoms with Crippen molar-refractivity contribution in [3.8, 4) is 5.75 Å². The lowest BCUT2D eigenvalue weighted by Gasteiger charge is -2.25. The summed E-state index contributed by atoms with van der Waals surface area (Å²) in [4.78, 5) is 20.9. The van der Waals surface area contributed by atoms with Crippen molar-refractivity contribution in [1.82, 2.24) is 9.97 Å². The summed E-state index contributed by atoms with van der Waals surface area (Å²) in [5.41, 5.74) is 0.540. The lowest BCUT2D eigenvalue weighted by atomic mass is 10.1. The molecule has 10 heteroatoms. The van der Waals surface area contributed by atoms with Crippen molar-refractivity contribution in [3.63, 3.8) is 0 Å². The Hall–Kier alpha value is -3.17. The minimum Gasteiger partial charge on any atom is -0.478 e. The van der Waals surface area contributed by atoms with Gasteiger partial charge >= 0.3 is 0 Å². The third-order valence-corrected chi connectivity index (χ3v) is 5.96. The fourth-order valence-corrected chi connectivity index (χ4v) is 3.86. The molecule has 1 aromatic heterocycles. The molecule has 0 spiro atoms. The molecule has 0 aliphatic heterocycles. The minimum absolute atomic E-state index is 0.000905. The van der Waals surface area contributed by atoms with Crippen LogP contribution in [-0.2, 0) is 14.8 Å². The first kappa shape index (κ1) is 23.5. The summed E-state index contributed by atoms with van der Waals surface area (Å²) < 4.78 is 33.4. The predicted octanol–water partition coefficient (Wildman–Crippen LogP) is 4.34. The van der Waals surface area contributed by atoms with Gasteiger partial charge in [-0.1, -0.05) is 11.6 Å². The molecular formula is C22H23ClN4O4S. The van der Waals surface area contributed by atoms with E-state index in [1.807, 2.05) is 0 Å². The molecule has 1 amide bonds. The van der Waals surface area contributed by atoms with E-state index in [4.69, 9.17) is 16.3 Å².